The second kappa shape index (κ2) is 7.87. The van der Waals surface area contributed by atoms with E-state index in [2.05, 4.69) is 0 Å². The second-order valence-electron chi connectivity index (χ2n) is 7.62. The summed E-state index contributed by atoms with van der Waals surface area (Å²) in [6.07, 6.45) is 0.661. The van der Waals surface area contributed by atoms with Crippen LogP contribution in [0.2, 0.25) is 0 Å². The molecule has 6 nitrogen and oxygen atoms in total. The number of amides is 2. The van der Waals surface area contributed by atoms with Crippen LogP contribution in [0, 0.1) is 0 Å². The fourth-order valence-corrected chi connectivity index (χ4v) is 4.58. The van der Waals surface area contributed by atoms with Gasteiger partial charge < -0.3 is 19.3 Å². The summed E-state index contributed by atoms with van der Waals surface area (Å²) in [5.74, 6) is 0.731. The standard InChI is InChI=1S/C23H26N2O4/c1-24-22(27)16-29-20-15-25(13-12-23(20,24)18-9-4-3-5-10-18)21(26)14-17-8-6-7-11-19(17)28-2/h3-11,20H,12-16H2,1-2H3/t20-,23+/m1/s1. The largest absolute Gasteiger partial charge is 0.496 e. The van der Waals surface area contributed by atoms with Crippen LogP contribution >= 0.6 is 0 Å². The van der Waals surface area contributed by atoms with Gasteiger partial charge in [-0.2, -0.15) is 0 Å². The summed E-state index contributed by atoms with van der Waals surface area (Å²) >= 11 is 0. The molecular formula is C23H26N2O4. The number of morpholine rings is 1. The molecule has 2 aromatic rings. The smallest absolute Gasteiger partial charge is 0.249 e. The van der Waals surface area contributed by atoms with E-state index >= 15 is 0 Å². The third kappa shape index (κ3) is 3.38. The van der Waals surface area contributed by atoms with Crippen molar-refractivity contribution in [1.29, 1.82) is 0 Å². The zero-order valence-electron chi connectivity index (χ0n) is 16.8. The maximum absolute atomic E-state index is 13.0. The molecule has 0 spiro atoms. The number of hydrogen-bond acceptors (Lipinski definition) is 4. The lowest BCUT2D eigenvalue weighted by atomic mass is 9.76. The van der Waals surface area contributed by atoms with Crippen molar-refractivity contribution in [2.24, 2.45) is 0 Å². The quantitative estimate of drug-likeness (QED) is 0.798. The lowest BCUT2D eigenvalue weighted by Gasteiger charge is -2.54. The molecule has 2 fully saturated rings. The van der Waals surface area contributed by atoms with Crippen molar-refractivity contribution in [2.45, 2.75) is 24.5 Å². The number of carbonyl (C=O) groups is 2. The average molecular weight is 394 g/mol. The van der Waals surface area contributed by atoms with Crippen LogP contribution in [0.15, 0.2) is 54.6 Å². The van der Waals surface area contributed by atoms with Crippen LogP contribution in [0.1, 0.15) is 17.5 Å². The van der Waals surface area contributed by atoms with Crippen LogP contribution in [0.5, 0.6) is 5.75 Å². The number of piperidine rings is 1. The molecule has 2 aromatic carbocycles. The molecule has 2 amide bonds. The third-order valence-corrected chi connectivity index (χ3v) is 6.22. The van der Waals surface area contributed by atoms with Gasteiger partial charge in [-0.25, -0.2) is 0 Å². The fraction of sp³-hybridized carbons (Fsp3) is 0.391. The summed E-state index contributed by atoms with van der Waals surface area (Å²) in [6.45, 7) is 1.07. The van der Waals surface area contributed by atoms with Crippen molar-refractivity contribution >= 4 is 11.8 Å². The van der Waals surface area contributed by atoms with Crippen LogP contribution in [0.25, 0.3) is 0 Å². The summed E-state index contributed by atoms with van der Waals surface area (Å²) in [5, 5.41) is 0. The minimum absolute atomic E-state index is 0.0288. The van der Waals surface area contributed by atoms with Crippen molar-refractivity contribution < 1.29 is 19.1 Å². The van der Waals surface area contributed by atoms with Gasteiger partial charge in [0.15, 0.2) is 0 Å². The van der Waals surface area contributed by atoms with E-state index in [1.807, 2.05) is 71.4 Å². The number of carbonyl (C=O) groups excluding carboxylic acids is 2. The maximum Gasteiger partial charge on any atom is 0.249 e. The van der Waals surface area contributed by atoms with Crippen molar-refractivity contribution in [3.8, 4) is 5.75 Å². The zero-order chi connectivity index (χ0) is 20.4. The van der Waals surface area contributed by atoms with Gasteiger partial charge in [0.25, 0.3) is 0 Å². The Hall–Kier alpha value is -2.86. The highest BCUT2D eigenvalue weighted by Gasteiger charge is 2.53. The molecule has 4 rings (SSSR count). The molecule has 2 atom stereocenters. The topological polar surface area (TPSA) is 59.1 Å². The van der Waals surface area contributed by atoms with E-state index in [4.69, 9.17) is 9.47 Å². The Morgan fingerprint density at radius 3 is 2.66 bits per heavy atom. The lowest BCUT2D eigenvalue weighted by molar-refractivity contribution is -0.184. The Balaban J connectivity index is 1.57. The summed E-state index contributed by atoms with van der Waals surface area (Å²) in [4.78, 5) is 29.2. The molecule has 0 aromatic heterocycles. The molecule has 0 saturated carbocycles. The fourth-order valence-electron chi connectivity index (χ4n) is 4.58. The van der Waals surface area contributed by atoms with E-state index in [0.29, 0.717) is 19.5 Å². The molecule has 6 heteroatoms. The van der Waals surface area contributed by atoms with Crippen molar-refractivity contribution in [3.63, 3.8) is 0 Å². The summed E-state index contributed by atoms with van der Waals surface area (Å²) in [7, 11) is 3.46. The Bertz CT molecular complexity index is 901. The Morgan fingerprint density at radius 2 is 1.90 bits per heavy atom. The highest BCUT2D eigenvalue weighted by atomic mass is 16.5. The van der Waals surface area contributed by atoms with E-state index in [1.54, 1.807) is 7.11 Å². The summed E-state index contributed by atoms with van der Waals surface area (Å²) < 4.78 is 11.4. The van der Waals surface area contributed by atoms with Gasteiger partial charge in [0.2, 0.25) is 11.8 Å². The van der Waals surface area contributed by atoms with Gasteiger partial charge in [-0.15, -0.1) is 0 Å². The SMILES string of the molecule is COc1ccccc1CC(=O)N1CC[C@]2(c3ccccc3)[C@@H](C1)OCC(=O)N2C. The molecule has 0 radical (unpaired) electrons. The van der Waals surface area contributed by atoms with Gasteiger partial charge >= 0.3 is 0 Å². The van der Waals surface area contributed by atoms with Gasteiger partial charge in [-0.1, -0.05) is 48.5 Å². The first-order valence-corrected chi connectivity index (χ1v) is 9.89. The predicted octanol–water partition coefficient (Wildman–Crippen LogP) is 2.22. The van der Waals surface area contributed by atoms with Crippen LogP contribution in [0.4, 0.5) is 0 Å². The molecule has 0 bridgehead atoms. The van der Waals surface area contributed by atoms with Gasteiger partial charge in [0.1, 0.15) is 18.5 Å². The molecule has 29 heavy (non-hydrogen) atoms. The minimum Gasteiger partial charge on any atom is -0.496 e. The van der Waals surface area contributed by atoms with E-state index in [9.17, 15) is 9.59 Å². The van der Waals surface area contributed by atoms with Gasteiger partial charge in [-0.3, -0.25) is 9.59 Å². The number of likely N-dealkylation sites (N-methyl/N-ethyl adjacent to an activating group) is 1. The Morgan fingerprint density at radius 1 is 1.17 bits per heavy atom. The summed E-state index contributed by atoms with van der Waals surface area (Å²) in [5.41, 5.74) is 1.38. The number of hydrogen-bond donors (Lipinski definition) is 0. The van der Waals surface area contributed by atoms with Crippen LogP contribution in [-0.2, 0) is 26.3 Å². The average Bonchev–Trinajstić information content (AvgIpc) is 2.77. The number of ether oxygens (including phenoxy) is 2. The zero-order valence-corrected chi connectivity index (χ0v) is 16.8. The Labute approximate surface area is 171 Å². The number of benzene rings is 2. The number of para-hydroxylation sites is 1. The first-order chi connectivity index (χ1) is 14.1. The minimum atomic E-state index is -0.544. The number of methoxy groups -OCH3 is 1. The first-order valence-electron chi connectivity index (χ1n) is 9.89. The highest BCUT2D eigenvalue weighted by molar-refractivity contribution is 5.81. The molecule has 2 saturated heterocycles. The molecule has 2 aliphatic rings. The van der Waals surface area contributed by atoms with E-state index in [1.165, 1.54) is 0 Å². The number of likely N-dealkylation sites (tertiary alicyclic amines) is 1. The second-order valence-corrected chi connectivity index (χ2v) is 7.62. The summed E-state index contributed by atoms with van der Waals surface area (Å²) in [6, 6.07) is 17.6. The molecule has 0 aliphatic carbocycles. The van der Waals surface area contributed by atoms with E-state index in [0.717, 1.165) is 16.9 Å². The van der Waals surface area contributed by atoms with Crippen molar-refractivity contribution in [3.05, 3.63) is 65.7 Å². The lowest BCUT2D eigenvalue weighted by Crippen LogP contribution is -2.67. The van der Waals surface area contributed by atoms with Crippen LogP contribution in [-0.4, -0.2) is 61.6 Å². The predicted molar refractivity (Wildman–Crippen MR) is 109 cm³/mol. The molecule has 2 heterocycles. The highest BCUT2D eigenvalue weighted by Crippen LogP contribution is 2.42. The molecular weight excluding hydrogens is 368 g/mol. The molecule has 152 valence electrons. The van der Waals surface area contributed by atoms with Crippen molar-refractivity contribution in [1.82, 2.24) is 9.80 Å². The van der Waals surface area contributed by atoms with Crippen molar-refractivity contribution in [2.75, 3.05) is 33.9 Å². The normalized spacial score (nSPS) is 24.2. The first kappa shape index (κ1) is 19.5. The molecule has 0 unspecified atom stereocenters. The van der Waals surface area contributed by atoms with E-state index < -0.39 is 5.54 Å². The van der Waals surface area contributed by atoms with E-state index in [-0.39, 0.29) is 30.9 Å². The number of fused-ring (bicyclic) bond motifs is 1. The van der Waals surface area contributed by atoms with Gasteiger partial charge in [-0.05, 0) is 18.1 Å². The maximum atomic E-state index is 13.0. The Kier molecular flexibility index (Phi) is 5.28. The van der Waals surface area contributed by atoms with Crippen LogP contribution in [0.3, 0.4) is 0 Å². The van der Waals surface area contributed by atoms with Gasteiger partial charge in [0.05, 0.1) is 19.1 Å². The monoisotopic (exact) mass is 394 g/mol. The van der Waals surface area contributed by atoms with Crippen LogP contribution < -0.4 is 4.74 Å². The van der Waals surface area contributed by atoms with Gasteiger partial charge in [0, 0.05) is 25.7 Å². The number of nitrogens with zero attached hydrogens (tertiary/aromatic N) is 2. The third-order valence-electron chi connectivity index (χ3n) is 6.22. The molecule has 0 N–H and O–H groups in total. The number of rotatable bonds is 4. The molecule has 2 aliphatic heterocycles.